The van der Waals surface area contributed by atoms with Crippen molar-refractivity contribution < 1.29 is 72.2 Å². The number of nitrogens with one attached hydrogen (secondary N) is 13. The summed E-state index contributed by atoms with van der Waals surface area (Å²) in [5.41, 5.74) is 8.55. The Morgan fingerprint density at radius 3 is 1.45 bits per heavy atom. The molecule has 32 heteroatoms. The van der Waals surface area contributed by atoms with Gasteiger partial charge in [0.15, 0.2) is 6.17 Å². The minimum Gasteiger partial charge on any atom is -0.394 e. The Kier molecular flexibility index (Phi) is 34.3. The number of aromatic nitrogens is 1. The molecule has 16 N–H and O–H groups in total. The second kappa shape index (κ2) is 43.8. The van der Waals surface area contributed by atoms with Gasteiger partial charge in [-0.15, -0.1) is 0 Å². The smallest absolute Gasteiger partial charge is 0.264 e. The van der Waals surface area contributed by atoms with Crippen LogP contribution in [0, 0.1) is 5.92 Å². The molecule has 10 atom stereocenters. The zero-order chi connectivity index (χ0) is 82.4. The number of amides is 14. The van der Waals surface area contributed by atoms with Crippen LogP contribution < -0.4 is 74.9 Å². The van der Waals surface area contributed by atoms with E-state index in [1.54, 1.807) is 62.4 Å². The van der Waals surface area contributed by atoms with Gasteiger partial charge < -0.3 is 84.9 Å². The number of nitrogens with zero attached hydrogens (tertiary/aromatic N) is 2. The first-order chi connectivity index (χ1) is 53.8. The Balaban J connectivity index is 1.20. The molecule has 604 valence electrons. The molecule has 1 fully saturated rings. The van der Waals surface area contributed by atoms with Crippen molar-refractivity contribution in [1.29, 1.82) is 0 Å². The Labute approximate surface area is 661 Å². The first-order valence-electron chi connectivity index (χ1n) is 37.6. The van der Waals surface area contributed by atoms with Gasteiger partial charge in [-0.2, -0.15) is 0 Å². The van der Waals surface area contributed by atoms with E-state index in [-0.39, 0.29) is 69.9 Å². The lowest BCUT2D eigenvalue weighted by Gasteiger charge is -2.31. The fourth-order valence-electron chi connectivity index (χ4n) is 12.6. The number of anilines is 2. The van der Waals surface area contributed by atoms with E-state index < -0.39 is 150 Å². The molecule has 14 amide bonds. The quantitative estimate of drug-likeness (QED) is 0.0194. The maximum Gasteiger partial charge on any atom is 0.264 e. The molecule has 1 aromatic heterocycles. The summed E-state index contributed by atoms with van der Waals surface area (Å²) in [5, 5.41) is 48.3. The minimum atomic E-state index is -1.96. The Morgan fingerprint density at radius 2 is 0.965 bits per heavy atom. The molecule has 1 aliphatic rings. The highest BCUT2D eigenvalue weighted by Gasteiger charge is 2.41. The lowest BCUT2D eigenvalue weighted by molar-refractivity contribution is -0.143. The predicted molar refractivity (Wildman–Crippen MR) is 424 cm³/mol. The summed E-state index contributed by atoms with van der Waals surface area (Å²) in [7, 11) is 0. The van der Waals surface area contributed by atoms with Gasteiger partial charge in [0, 0.05) is 101 Å². The van der Waals surface area contributed by atoms with Crippen molar-refractivity contribution in [3.63, 3.8) is 0 Å². The van der Waals surface area contributed by atoms with E-state index in [2.05, 4.69) is 74.1 Å². The molecule has 0 unspecified atom stereocenters. The number of halogens is 1. The molecule has 0 spiro atoms. The van der Waals surface area contributed by atoms with Crippen LogP contribution in [0.1, 0.15) is 122 Å². The lowest BCUT2D eigenvalue weighted by Crippen LogP contribution is -2.64. The van der Waals surface area contributed by atoms with Crippen molar-refractivity contribution in [1.82, 2.24) is 68.4 Å². The summed E-state index contributed by atoms with van der Waals surface area (Å²) in [4.78, 5) is 201. The highest BCUT2D eigenvalue weighted by molar-refractivity contribution is 6.30. The van der Waals surface area contributed by atoms with E-state index in [1.807, 2.05) is 56.3 Å². The molecule has 113 heavy (non-hydrogen) atoms. The fourth-order valence-corrected chi connectivity index (χ4v) is 12.8. The summed E-state index contributed by atoms with van der Waals surface area (Å²) in [6.45, 7) is 12.2. The maximum atomic E-state index is 15.4. The van der Waals surface area contributed by atoms with Gasteiger partial charge in [0.1, 0.15) is 54.4 Å². The van der Waals surface area contributed by atoms with E-state index in [4.69, 9.17) is 17.3 Å². The molecule has 0 radical (unpaired) electrons. The number of rotatable bonds is 41. The number of aliphatic hydroxyl groups is 1. The van der Waals surface area contributed by atoms with Crippen molar-refractivity contribution in [3.8, 4) is 0 Å². The summed E-state index contributed by atoms with van der Waals surface area (Å²) in [5.74, 6) is -11.5. The number of pyridine rings is 1. The number of carbonyl (C=O) groups excluding carboxylic acids is 14. The van der Waals surface area contributed by atoms with E-state index in [9.17, 15) is 62.6 Å². The Bertz CT molecular complexity index is 4320. The molecule has 6 aromatic rings. The SMILES string of the molecule is CC(=O)Nc1ccc(C[C@H](NC(=O)[C@H](CO)NC(=O)[C@@H](Cc2cccnc2)NC(=O)[C@@H](Cc2ccc(Cl)cc2)NC(=O)[C@@H](Cc2ccc3ccccc3c2)NC(C)=O)C(=O)N[C@H](Cc2ccc(NC(C)=O)cc2)C(=O)N[C@@H](NC(=O)CC(C)C)C(=O)N[C@@H](CCCCNC(C)C)C(=O)N2CCC[C@@H]2C(=O)N[C@H](C)C(N)=O)cc1. The second-order valence-corrected chi connectivity index (χ2v) is 29.2. The standard InChI is InChI=1S/C81H103ClN16O15/c1-46(2)37-70(103)96-72(80(112)90-62(18-11-12-35-85-47(3)4)81(113)98-36-14-19-69(98)79(111)86-48(5)71(83)104)97-77(109)66(41-54-25-32-61(33-26-54)88-50(7)101)92-75(107)65(40-53-23-30-60(31-24-53)87-49(6)100)94-78(110)68(45-99)95-76(108)67(43-56-15-13-34-84-44-56)93-74(106)64(39-52-21-28-59(82)29-22-52)91-73(105)63(89-51(8)102)42-55-20-27-57-16-9-10-17-58(57)38-55/h9-10,13,15-17,20-34,38,44,46-48,62-69,72,85,99H,11-12,14,18-19,35-37,39-43,45H2,1-8H3,(H2,83,104)(H,86,111)(H,87,100)(H,88,101)(H,89,102)(H,90,112)(H,91,105)(H,92,107)(H,93,106)(H,94,110)(H,95,108)(H,96,103)(H,97,109)/t48-,62+,63-,64-,65+,66-,67-,68+,69-,72-/m1/s1. The van der Waals surface area contributed by atoms with Crippen molar-refractivity contribution in [3.05, 3.63) is 173 Å². The van der Waals surface area contributed by atoms with Crippen LogP contribution in [0.15, 0.2) is 140 Å². The van der Waals surface area contributed by atoms with Gasteiger partial charge in [0.2, 0.25) is 76.8 Å². The monoisotopic (exact) mass is 1570 g/mol. The third kappa shape index (κ3) is 29.2. The Morgan fingerprint density at radius 1 is 0.496 bits per heavy atom. The van der Waals surface area contributed by atoms with Gasteiger partial charge in [-0.1, -0.05) is 124 Å². The van der Waals surface area contributed by atoms with Crippen LogP contribution in [-0.2, 0) is 99.2 Å². The van der Waals surface area contributed by atoms with Crippen molar-refractivity contribution in [2.75, 3.05) is 30.3 Å². The third-order valence-corrected chi connectivity index (χ3v) is 18.6. The summed E-state index contributed by atoms with van der Waals surface area (Å²) < 4.78 is 0. The van der Waals surface area contributed by atoms with Gasteiger partial charge in [-0.05, 0) is 133 Å². The van der Waals surface area contributed by atoms with E-state index in [0.717, 1.165) is 10.8 Å². The average Bonchev–Trinajstić information content (AvgIpc) is 1.69. The first-order valence-corrected chi connectivity index (χ1v) is 38.0. The molecule has 0 bridgehead atoms. The van der Waals surface area contributed by atoms with Crippen LogP contribution in [0.5, 0.6) is 0 Å². The summed E-state index contributed by atoms with van der Waals surface area (Å²) in [6, 6.07) is 22.2. The van der Waals surface area contributed by atoms with Crippen LogP contribution in [0.4, 0.5) is 11.4 Å². The molecule has 1 saturated heterocycles. The van der Waals surface area contributed by atoms with Crippen LogP contribution >= 0.6 is 11.6 Å². The van der Waals surface area contributed by atoms with Crippen molar-refractivity contribution in [2.24, 2.45) is 11.7 Å². The second-order valence-electron chi connectivity index (χ2n) is 28.8. The largest absolute Gasteiger partial charge is 0.394 e. The number of hydrogen-bond acceptors (Lipinski definition) is 17. The zero-order valence-corrected chi connectivity index (χ0v) is 65.4. The lowest BCUT2D eigenvalue weighted by atomic mass is 9.99. The summed E-state index contributed by atoms with van der Waals surface area (Å²) >= 11 is 6.26. The van der Waals surface area contributed by atoms with Crippen LogP contribution in [-0.4, -0.2) is 184 Å². The average molecular weight is 1580 g/mol. The van der Waals surface area contributed by atoms with Crippen LogP contribution in [0.25, 0.3) is 10.8 Å². The minimum absolute atomic E-state index is 0.0148. The number of carbonyl (C=O) groups is 14. The molecule has 0 saturated carbocycles. The third-order valence-electron chi connectivity index (χ3n) is 18.4. The number of hydrogen-bond donors (Lipinski definition) is 15. The maximum absolute atomic E-state index is 15.4. The molecule has 7 rings (SSSR count). The molecule has 2 heterocycles. The van der Waals surface area contributed by atoms with Gasteiger partial charge >= 0.3 is 0 Å². The number of primary amides is 1. The molecule has 0 aliphatic carbocycles. The topological polar surface area (TPSA) is 458 Å². The number of fused-ring (bicyclic) bond motifs is 1. The molecular formula is C81H103ClN16O15. The molecule has 1 aliphatic heterocycles. The van der Waals surface area contributed by atoms with Crippen molar-refractivity contribution in [2.45, 2.75) is 193 Å². The van der Waals surface area contributed by atoms with E-state index in [0.29, 0.717) is 70.0 Å². The number of nitrogens with two attached hydrogens (primary N) is 1. The number of unbranched alkanes of at least 4 members (excludes halogenated alkanes) is 1. The predicted octanol–water partition coefficient (Wildman–Crippen LogP) is 2.48. The van der Waals surface area contributed by atoms with Crippen LogP contribution in [0.2, 0.25) is 5.02 Å². The zero-order valence-electron chi connectivity index (χ0n) is 64.6. The van der Waals surface area contributed by atoms with Gasteiger partial charge in [-0.25, -0.2) is 0 Å². The Hall–Kier alpha value is -11.7. The molecule has 31 nitrogen and oxygen atoms in total. The van der Waals surface area contributed by atoms with E-state index in [1.165, 1.54) is 81.4 Å². The highest BCUT2D eigenvalue weighted by atomic mass is 35.5. The fraction of sp³-hybridized carbons (Fsp3) is 0.420. The van der Waals surface area contributed by atoms with Crippen LogP contribution in [0.3, 0.4) is 0 Å². The van der Waals surface area contributed by atoms with Gasteiger partial charge in [0.25, 0.3) is 5.91 Å². The summed E-state index contributed by atoms with van der Waals surface area (Å²) in [6.07, 6.45) is 1.17. The van der Waals surface area contributed by atoms with E-state index >= 15 is 9.59 Å². The molecular weight excluding hydrogens is 1470 g/mol. The first kappa shape index (κ1) is 88.5. The van der Waals surface area contributed by atoms with Gasteiger partial charge in [0.05, 0.1) is 6.61 Å². The van der Waals surface area contributed by atoms with Crippen molar-refractivity contribution >= 4 is 116 Å². The number of likely N-dealkylation sites (tertiary alicyclic amines) is 1. The highest BCUT2D eigenvalue weighted by Crippen LogP contribution is 2.23. The normalized spacial score (nSPS) is 14.9. The van der Waals surface area contributed by atoms with Gasteiger partial charge in [-0.3, -0.25) is 72.1 Å². The number of benzene rings is 5. The number of aliphatic hydroxyl groups excluding tert-OH is 1. The molecule has 5 aromatic carbocycles.